The molecule has 5 N–H and O–H groups in total. The average molecular weight is 1020 g/mol. The zero-order valence-corrected chi connectivity index (χ0v) is 37.2. The molecule has 29 heteroatoms. The topological polar surface area (TPSA) is 227 Å². The highest BCUT2D eigenvalue weighted by atomic mass is 35.5. The maximum absolute atomic E-state index is 13.9. The number of nitrogens with two attached hydrogens (primary N) is 1. The third-order valence-electron chi connectivity index (χ3n) is 10.1. The normalized spacial score (nSPS) is 22.1. The fourth-order valence-corrected chi connectivity index (χ4v) is 6.63. The summed E-state index contributed by atoms with van der Waals surface area (Å²) in [7, 11) is 0. The van der Waals surface area contributed by atoms with E-state index in [0.29, 0.717) is 25.0 Å². The minimum absolute atomic E-state index is 0. The minimum Gasteiger partial charge on any atom is -0.474 e. The molecule has 4 atom stereocenters. The van der Waals surface area contributed by atoms with Crippen molar-refractivity contribution in [1.82, 2.24) is 30.4 Å². The molecule has 2 aliphatic heterocycles. The van der Waals surface area contributed by atoms with Crippen LogP contribution < -0.4 is 20.5 Å². The van der Waals surface area contributed by atoms with E-state index in [2.05, 4.69) is 35.7 Å². The van der Waals surface area contributed by atoms with Crippen LogP contribution in [0.2, 0.25) is 0 Å². The van der Waals surface area contributed by atoms with E-state index in [0.717, 1.165) is 0 Å². The van der Waals surface area contributed by atoms with Gasteiger partial charge in [0.2, 0.25) is 23.0 Å². The van der Waals surface area contributed by atoms with Gasteiger partial charge < -0.3 is 39.0 Å². The number of rotatable bonds is 1. The summed E-state index contributed by atoms with van der Waals surface area (Å²) in [5, 5.41) is 36.3. The summed E-state index contributed by atoms with van der Waals surface area (Å²) in [6, 6.07) is 1.02. The number of pyridine rings is 2. The van der Waals surface area contributed by atoms with Crippen molar-refractivity contribution in [3.8, 4) is 34.9 Å². The van der Waals surface area contributed by atoms with Gasteiger partial charge in [0.25, 0.3) is 23.6 Å². The lowest BCUT2D eigenvalue weighted by Gasteiger charge is -2.27. The van der Waals surface area contributed by atoms with Gasteiger partial charge in [-0.2, -0.15) is 52.7 Å². The van der Waals surface area contributed by atoms with E-state index in [1.165, 1.54) is 34.6 Å². The largest absolute Gasteiger partial charge is 0.474 e. The molecule has 16 nitrogen and oxygen atoms in total. The molecule has 0 radical (unpaired) electrons. The summed E-state index contributed by atoms with van der Waals surface area (Å²) in [5.74, 6) is -5.51. The van der Waals surface area contributed by atoms with Crippen LogP contribution in [0.4, 0.5) is 68.9 Å². The summed E-state index contributed by atoms with van der Waals surface area (Å²) < 4.78 is 190. The highest BCUT2D eigenvalue weighted by Crippen LogP contribution is 2.47. The Balaban J connectivity index is 0.000000298. The van der Waals surface area contributed by atoms with E-state index < -0.39 is 142 Å². The zero-order valence-electron chi connectivity index (χ0n) is 36.4. The molecular weight excluding hydrogens is 972 g/mol. The molecular formula is C39H45ClF12N8O8. The Labute approximate surface area is 384 Å². The first-order valence-corrected chi connectivity index (χ1v) is 20.3. The fraction of sp³-hybridized carbons (Fsp3) is 0.615. The Morgan fingerprint density at radius 2 is 1.09 bits per heavy atom. The number of halogens is 13. The number of nitrogens with one attached hydrogen (secondary N) is 1. The van der Waals surface area contributed by atoms with Gasteiger partial charge in [-0.1, -0.05) is 12.8 Å². The van der Waals surface area contributed by atoms with Gasteiger partial charge in [-0.15, -0.1) is 32.8 Å². The Morgan fingerprint density at radius 1 is 0.676 bits per heavy atom. The highest BCUT2D eigenvalue weighted by Gasteiger charge is 2.59. The Hall–Kier alpha value is -5.38. The number of carbonyl (C=O) groups excluding carboxylic acids is 1. The number of carbonyl (C=O) groups is 1. The van der Waals surface area contributed by atoms with Gasteiger partial charge in [0.05, 0.1) is 23.6 Å². The van der Waals surface area contributed by atoms with Gasteiger partial charge in [0.15, 0.2) is 11.4 Å². The average Bonchev–Trinajstić information content (AvgIpc) is 3.87. The second-order valence-corrected chi connectivity index (χ2v) is 16.7. The molecule has 1 unspecified atom stereocenters. The van der Waals surface area contributed by atoms with E-state index in [1.54, 1.807) is 0 Å². The summed E-state index contributed by atoms with van der Waals surface area (Å²) >= 11 is 0. The maximum Gasteiger partial charge on any atom is 0.426 e. The van der Waals surface area contributed by atoms with Crippen molar-refractivity contribution in [2.45, 2.75) is 153 Å². The standard InChI is InChI=1S/C22H26F6N4O5.C17H18F6N4O3.ClH/c1-11-8-6-5-7-9-20(34,22(26,27)28)17-32-31-16(36-17)14-13(29-18(33)37-19(2,3)4)10-12(21(23,24)25)15(30-14)35-11;1-8-5-3-2-4-6-15(28,17(21,22)23)14-27-26-13(30-14)11-10(24)7-9(16(18,19)20)12(25-11)29-8;/h10-11,34H,5-9H2,1-4H3,(H,29,33);7-8,28H,2-6,24H2,1H3;1H/t11-,20?;8-,15+;/m11./s1. The summed E-state index contributed by atoms with van der Waals surface area (Å²) in [6.45, 7) is 7.53. The lowest BCUT2D eigenvalue weighted by molar-refractivity contribution is -0.277. The summed E-state index contributed by atoms with van der Waals surface area (Å²) in [6.07, 6.45) is -22.9. The quantitative estimate of drug-likeness (QED) is 0.130. The molecule has 6 rings (SSSR count). The van der Waals surface area contributed by atoms with Gasteiger partial charge >= 0.3 is 30.8 Å². The molecule has 0 fully saturated rings. The van der Waals surface area contributed by atoms with Crippen LogP contribution >= 0.6 is 12.4 Å². The number of fused-ring (bicyclic) bond motifs is 10. The van der Waals surface area contributed by atoms with Crippen molar-refractivity contribution in [3.63, 3.8) is 0 Å². The number of aromatic nitrogens is 6. The third kappa shape index (κ3) is 12.8. The second-order valence-electron chi connectivity index (χ2n) is 16.7. The van der Waals surface area contributed by atoms with Crippen LogP contribution in [0.15, 0.2) is 21.0 Å². The smallest absolute Gasteiger partial charge is 0.426 e. The van der Waals surface area contributed by atoms with Crippen LogP contribution in [-0.4, -0.2) is 76.8 Å². The Kier molecular flexibility index (Phi) is 16.5. The molecule has 0 saturated heterocycles. The number of anilines is 2. The third-order valence-corrected chi connectivity index (χ3v) is 10.1. The van der Waals surface area contributed by atoms with Crippen LogP contribution in [0.25, 0.3) is 23.2 Å². The number of hydrogen-bond donors (Lipinski definition) is 4. The fourth-order valence-electron chi connectivity index (χ4n) is 6.63. The first kappa shape index (κ1) is 55.2. The van der Waals surface area contributed by atoms with Gasteiger partial charge in [-0.3, -0.25) is 5.32 Å². The second kappa shape index (κ2) is 20.3. The highest BCUT2D eigenvalue weighted by molar-refractivity contribution is 5.89. The number of nitrogens with zero attached hydrogens (tertiary/aromatic N) is 6. The van der Waals surface area contributed by atoms with Crippen molar-refractivity contribution >= 4 is 29.9 Å². The predicted octanol–water partition coefficient (Wildman–Crippen LogP) is 10.6. The number of ether oxygens (including phenoxy) is 3. The van der Waals surface area contributed by atoms with Crippen LogP contribution in [0, 0.1) is 0 Å². The van der Waals surface area contributed by atoms with E-state index in [1.807, 2.05) is 0 Å². The Bertz CT molecular complexity index is 2370. The number of nitrogen functional groups attached to an aromatic ring is 1. The van der Waals surface area contributed by atoms with E-state index in [4.69, 9.17) is 28.8 Å². The van der Waals surface area contributed by atoms with Gasteiger partial charge in [-0.05, 0) is 98.1 Å². The summed E-state index contributed by atoms with van der Waals surface area (Å²) in [5.41, 5.74) is -7.20. The molecule has 1 amide bonds. The molecule has 4 aromatic rings. The number of alkyl halides is 12. The van der Waals surface area contributed by atoms with E-state index in [9.17, 15) is 67.7 Å². The molecule has 0 spiro atoms. The van der Waals surface area contributed by atoms with Crippen LogP contribution in [0.1, 0.15) is 122 Å². The molecule has 68 heavy (non-hydrogen) atoms. The molecule has 380 valence electrons. The first-order valence-electron chi connectivity index (χ1n) is 20.3. The Morgan fingerprint density at radius 3 is 1.50 bits per heavy atom. The first-order chi connectivity index (χ1) is 30.7. The molecule has 0 aromatic carbocycles. The minimum atomic E-state index is -5.19. The number of aliphatic hydroxyl groups is 2. The molecule has 0 aliphatic carbocycles. The number of amides is 1. The van der Waals surface area contributed by atoms with Crippen molar-refractivity contribution in [2.75, 3.05) is 11.1 Å². The van der Waals surface area contributed by atoms with Gasteiger partial charge in [0, 0.05) is 0 Å². The van der Waals surface area contributed by atoms with E-state index in [-0.39, 0.29) is 50.9 Å². The SMILES string of the molecule is C[C@@H]1CCCCCC(O)(C(F)(F)F)c2nnc(o2)-c2nc(c(C(F)(F)F)cc2NC(=O)OC(C)(C)C)O1.C[C@@H]1CCCCC[C@@](O)(C(F)(F)F)c2nnc(o2)-c2nc(c(C(F)(F)F)cc2N)O1.Cl. The zero-order chi connectivity index (χ0) is 50.1. The molecule has 8 bridgehead atoms. The molecule has 2 aliphatic rings. The molecule has 0 saturated carbocycles. The predicted molar refractivity (Wildman–Crippen MR) is 213 cm³/mol. The van der Waals surface area contributed by atoms with Crippen molar-refractivity contribution in [1.29, 1.82) is 0 Å². The van der Waals surface area contributed by atoms with Gasteiger partial charge in [0.1, 0.15) is 16.7 Å². The lowest BCUT2D eigenvalue weighted by Crippen LogP contribution is -2.42. The number of hydrogen-bond acceptors (Lipinski definition) is 15. The molecule has 6 heterocycles. The molecule has 4 aromatic heterocycles. The van der Waals surface area contributed by atoms with Crippen LogP contribution in [0.5, 0.6) is 11.8 Å². The van der Waals surface area contributed by atoms with Crippen molar-refractivity contribution < 1.29 is 90.7 Å². The maximum atomic E-state index is 13.9. The van der Waals surface area contributed by atoms with Gasteiger partial charge in [-0.25, -0.2) is 14.8 Å². The monoisotopic (exact) mass is 1020 g/mol. The summed E-state index contributed by atoms with van der Waals surface area (Å²) in [4.78, 5) is 19.9. The van der Waals surface area contributed by atoms with Crippen LogP contribution in [-0.2, 0) is 28.3 Å². The van der Waals surface area contributed by atoms with Crippen LogP contribution in [0.3, 0.4) is 0 Å². The van der Waals surface area contributed by atoms with Crippen molar-refractivity contribution in [2.24, 2.45) is 0 Å². The van der Waals surface area contributed by atoms with E-state index >= 15 is 0 Å². The lowest BCUT2D eigenvalue weighted by atomic mass is 9.94. The van der Waals surface area contributed by atoms with Crippen molar-refractivity contribution in [3.05, 3.63) is 35.0 Å².